The third-order valence-electron chi connectivity index (χ3n) is 6.03. The standard InChI is InChI=1S/C24H29N3O5/c1-26(11-9-16-5-3-4-6-20(16)27-12-10-19(28)15-27)23(29)22-14-17-13-18(25-24(30)31-2)7-8-21(17)32-22/h3-8,13,19,22,28H,9-12,14-15H2,1-2H3,(H,25,30)/t19-,22?/m0/s1. The highest BCUT2D eigenvalue weighted by molar-refractivity contribution is 5.86. The van der Waals surface area contributed by atoms with Gasteiger partial charge in [-0.1, -0.05) is 18.2 Å². The van der Waals surface area contributed by atoms with Gasteiger partial charge in [0.1, 0.15) is 5.75 Å². The summed E-state index contributed by atoms with van der Waals surface area (Å²) in [6.07, 6.45) is 0.558. The minimum absolute atomic E-state index is 0.0715. The number of amides is 2. The molecule has 2 atom stereocenters. The molecule has 2 aromatic rings. The number of fused-ring (bicyclic) bond motifs is 1. The number of β-amino-alcohol motifs (C(OH)–C–C–N with tert-alkyl or cyclic N) is 1. The second-order valence-electron chi connectivity index (χ2n) is 8.28. The molecule has 4 rings (SSSR count). The van der Waals surface area contributed by atoms with Gasteiger partial charge in [0.25, 0.3) is 5.91 Å². The Hall–Kier alpha value is -3.26. The van der Waals surface area contributed by atoms with E-state index < -0.39 is 12.2 Å². The van der Waals surface area contributed by atoms with Crippen molar-refractivity contribution >= 4 is 23.4 Å². The number of para-hydroxylation sites is 1. The van der Waals surface area contributed by atoms with Crippen LogP contribution in [0.5, 0.6) is 5.75 Å². The molecule has 0 spiro atoms. The molecule has 2 amide bonds. The van der Waals surface area contributed by atoms with Gasteiger partial charge in [-0.2, -0.15) is 0 Å². The molecule has 1 fully saturated rings. The highest BCUT2D eigenvalue weighted by atomic mass is 16.5. The molecule has 2 heterocycles. The summed E-state index contributed by atoms with van der Waals surface area (Å²) in [6.45, 7) is 2.05. The molecule has 1 unspecified atom stereocenters. The average Bonchev–Trinajstić information content (AvgIpc) is 3.42. The Labute approximate surface area is 187 Å². The van der Waals surface area contributed by atoms with E-state index >= 15 is 0 Å². The van der Waals surface area contributed by atoms with Crippen LogP contribution in [0.15, 0.2) is 42.5 Å². The van der Waals surface area contributed by atoms with Crippen LogP contribution >= 0.6 is 0 Å². The lowest BCUT2D eigenvalue weighted by atomic mass is 10.1. The highest BCUT2D eigenvalue weighted by Gasteiger charge is 2.31. The van der Waals surface area contributed by atoms with Gasteiger partial charge in [-0.3, -0.25) is 10.1 Å². The topological polar surface area (TPSA) is 91.3 Å². The molecule has 1 saturated heterocycles. The molecule has 0 radical (unpaired) electrons. The normalized spacial score (nSPS) is 19.3. The van der Waals surface area contributed by atoms with Gasteiger partial charge in [0.05, 0.1) is 13.2 Å². The Morgan fingerprint density at radius 2 is 2.09 bits per heavy atom. The van der Waals surface area contributed by atoms with Gasteiger partial charge in [-0.05, 0) is 42.7 Å². The molecule has 2 aliphatic rings. The van der Waals surface area contributed by atoms with Crippen molar-refractivity contribution in [2.24, 2.45) is 0 Å². The van der Waals surface area contributed by atoms with Gasteiger partial charge in [-0.25, -0.2) is 4.79 Å². The van der Waals surface area contributed by atoms with E-state index in [9.17, 15) is 14.7 Å². The maximum Gasteiger partial charge on any atom is 0.411 e. The monoisotopic (exact) mass is 439 g/mol. The lowest BCUT2D eigenvalue weighted by Gasteiger charge is -2.24. The fourth-order valence-corrected chi connectivity index (χ4v) is 4.27. The number of benzene rings is 2. The van der Waals surface area contributed by atoms with Crippen molar-refractivity contribution in [1.29, 1.82) is 0 Å². The van der Waals surface area contributed by atoms with E-state index in [1.807, 2.05) is 12.1 Å². The third-order valence-corrected chi connectivity index (χ3v) is 6.03. The summed E-state index contributed by atoms with van der Waals surface area (Å²) in [5.74, 6) is 0.586. The first-order valence-corrected chi connectivity index (χ1v) is 10.8. The Kier molecular flexibility index (Phi) is 6.50. The van der Waals surface area contributed by atoms with Gasteiger partial charge in [0.2, 0.25) is 0 Å². The van der Waals surface area contributed by atoms with Crippen LogP contribution in [0.3, 0.4) is 0 Å². The quantitative estimate of drug-likeness (QED) is 0.719. The van der Waals surface area contributed by atoms with E-state index in [4.69, 9.17) is 4.74 Å². The van der Waals surface area contributed by atoms with Crippen LogP contribution < -0.4 is 15.0 Å². The van der Waals surface area contributed by atoms with Crippen molar-refractivity contribution < 1.29 is 24.2 Å². The molecular weight excluding hydrogens is 410 g/mol. The predicted octanol–water partition coefficient (Wildman–Crippen LogP) is 2.44. The van der Waals surface area contributed by atoms with E-state index in [1.54, 1.807) is 30.1 Å². The largest absolute Gasteiger partial charge is 0.480 e. The summed E-state index contributed by atoms with van der Waals surface area (Å²) in [6, 6.07) is 13.4. The predicted molar refractivity (Wildman–Crippen MR) is 121 cm³/mol. The molecule has 32 heavy (non-hydrogen) atoms. The summed E-state index contributed by atoms with van der Waals surface area (Å²) in [5, 5.41) is 12.5. The average molecular weight is 440 g/mol. The van der Waals surface area contributed by atoms with Crippen LogP contribution in [0, 0.1) is 0 Å². The number of aliphatic hydroxyl groups is 1. The molecular formula is C24H29N3O5. The zero-order chi connectivity index (χ0) is 22.7. The summed E-state index contributed by atoms with van der Waals surface area (Å²) >= 11 is 0. The number of hydrogen-bond acceptors (Lipinski definition) is 6. The minimum Gasteiger partial charge on any atom is -0.480 e. The Balaban J connectivity index is 1.35. The van der Waals surface area contributed by atoms with Gasteiger partial charge in [-0.15, -0.1) is 0 Å². The number of methoxy groups -OCH3 is 1. The van der Waals surface area contributed by atoms with Crippen LogP contribution in [0.1, 0.15) is 17.5 Å². The first kappa shape index (κ1) is 22.0. The Bertz CT molecular complexity index is 995. The molecule has 170 valence electrons. The first-order valence-electron chi connectivity index (χ1n) is 10.8. The van der Waals surface area contributed by atoms with Gasteiger partial charge >= 0.3 is 6.09 Å². The van der Waals surface area contributed by atoms with Gasteiger partial charge in [0.15, 0.2) is 6.10 Å². The van der Waals surface area contributed by atoms with Crippen molar-refractivity contribution in [1.82, 2.24) is 4.90 Å². The van der Waals surface area contributed by atoms with Crippen LogP contribution in [0.4, 0.5) is 16.2 Å². The number of ether oxygens (including phenoxy) is 2. The van der Waals surface area contributed by atoms with Crippen LogP contribution in [-0.2, 0) is 22.4 Å². The second kappa shape index (κ2) is 9.48. The SMILES string of the molecule is COC(=O)Nc1ccc2c(c1)CC(C(=O)N(C)CCc1ccccc1N1CC[C@H](O)C1)O2. The number of carbonyl (C=O) groups is 2. The number of hydrogen-bond donors (Lipinski definition) is 2. The molecule has 0 aliphatic carbocycles. The lowest BCUT2D eigenvalue weighted by molar-refractivity contribution is -0.136. The molecule has 0 aromatic heterocycles. The van der Waals surface area contributed by atoms with E-state index in [0.717, 1.165) is 36.2 Å². The number of likely N-dealkylation sites (N-methyl/N-ethyl adjacent to an activating group) is 1. The zero-order valence-electron chi connectivity index (χ0n) is 18.4. The van der Waals surface area contributed by atoms with Crippen molar-refractivity contribution in [3.63, 3.8) is 0 Å². The summed E-state index contributed by atoms with van der Waals surface area (Å²) < 4.78 is 10.5. The number of nitrogens with one attached hydrogen (secondary N) is 1. The van der Waals surface area contributed by atoms with E-state index in [2.05, 4.69) is 27.1 Å². The lowest BCUT2D eigenvalue weighted by Crippen LogP contribution is -2.40. The number of anilines is 2. The number of carbonyl (C=O) groups excluding carboxylic acids is 2. The van der Waals surface area contributed by atoms with Gasteiger partial charge in [0, 0.05) is 50.0 Å². The fourth-order valence-electron chi connectivity index (χ4n) is 4.27. The molecule has 0 bridgehead atoms. The molecule has 2 aromatic carbocycles. The second-order valence-corrected chi connectivity index (χ2v) is 8.28. The third kappa shape index (κ3) is 4.80. The molecule has 8 nitrogen and oxygen atoms in total. The van der Waals surface area contributed by atoms with E-state index in [-0.39, 0.29) is 12.0 Å². The van der Waals surface area contributed by atoms with Crippen molar-refractivity contribution in [2.45, 2.75) is 31.5 Å². The smallest absolute Gasteiger partial charge is 0.411 e. The summed E-state index contributed by atoms with van der Waals surface area (Å²) in [7, 11) is 3.10. The van der Waals surface area contributed by atoms with E-state index in [0.29, 0.717) is 30.9 Å². The van der Waals surface area contributed by atoms with Crippen molar-refractivity contribution in [2.75, 3.05) is 44.0 Å². The highest BCUT2D eigenvalue weighted by Crippen LogP contribution is 2.32. The fraction of sp³-hybridized carbons (Fsp3) is 0.417. The van der Waals surface area contributed by atoms with Crippen LogP contribution in [-0.4, -0.2) is 68.0 Å². The Morgan fingerprint density at radius 3 is 2.84 bits per heavy atom. The summed E-state index contributed by atoms with van der Waals surface area (Å²) in [5.41, 5.74) is 3.77. The number of rotatable bonds is 6. The van der Waals surface area contributed by atoms with Gasteiger partial charge < -0.3 is 24.4 Å². The molecule has 8 heteroatoms. The zero-order valence-corrected chi connectivity index (χ0v) is 18.4. The van der Waals surface area contributed by atoms with Crippen molar-refractivity contribution in [3.05, 3.63) is 53.6 Å². The number of aliphatic hydroxyl groups excluding tert-OH is 1. The first-order chi connectivity index (χ1) is 15.4. The molecule has 2 aliphatic heterocycles. The minimum atomic E-state index is -0.577. The van der Waals surface area contributed by atoms with Crippen LogP contribution in [0.2, 0.25) is 0 Å². The molecule has 0 saturated carbocycles. The Morgan fingerprint density at radius 1 is 1.28 bits per heavy atom. The van der Waals surface area contributed by atoms with Crippen LogP contribution in [0.25, 0.3) is 0 Å². The summed E-state index contributed by atoms with van der Waals surface area (Å²) in [4.78, 5) is 28.3. The molecule has 2 N–H and O–H groups in total. The van der Waals surface area contributed by atoms with E-state index in [1.165, 1.54) is 7.11 Å². The maximum absolute atomic E-state index is 13.0. The van der Waals surface area contributed by atoms with Crippen molar-refractivity contribution in [3.8, 4) is 5.75 Å². The number of nitrogens with zero attached hydrogens (tertiary/aromatic N) is 2. The maximum atomic E-state index is 13.0.